The van der Waals surface area contributed by atoms with Crippen LogP contribution in [0.4, 0.5) is 0 Å². The fourth-order valence-corrected chi connectivity index (χ4v) is 5.05. The van der Waals surface area contributed by atoms with Gasteiger partial charge in [0.15, 0.2) is 0 Å². The van der Waals surface area contributed by atoms with Crippen LogP contribution in [-0.4, -0.2) is 72.3 Å². The Balaban J connectivity index is 1.39. The van der Waals surface area contributed by atoms with Crippen molar-refractivity contribution >= 4 is 23.2 Å². The first-order valence-electron chi connectivity index (χ1n) is 10.6. The van der Waals surface area contributed by atoms with E-state index < -0.39 is 0 Å². The highest BCUT2D eigenvalue weighted by molar-refractivity contribution is 7.12. The van der Waals surface area contributed by atoms with Crippen molar-refractivity contribution in [1.29, 1.82) is 0 Å². The largest absolute Gasteiger partial charge is 0.342 e. The van der Waals surface area contributed by atoms with E-state index in [9.17, 15) is 9.59 Å². The lowest BCUT2D eigenvalue weighted by Crippen LogP contribution is -2.41. The van der Waals surface area contributed by atoms with Crippen LogP contribution in [-0.2, 0) is 4.79 Å². The lowest BCUT2D eigenvalue weighted by molar-refractivity contribution is -0.131. The smallest absolute Gasteiger partial charge is 0.264 e. The minimum Gasteiger partial charge on any atom is -0.342 e. The molecule has 0 aliphatic carbocycles. The van der Waals surface area contributed by atoms with Crippen LogP contribution >= 0.6 is 11.3 Å². The summed E-state index contributed by atoms with van der Waals surface area (Å²) in [6.45, 7) is 7.41. The second kappa shape index (κ2) is 9.09. The number of likely N-dealkylation sites (tertiary alicyclic amines) is 1. The average molecular weight is 412 g/mol. The number of hydrogen-bond acceptors (Lipinski definition) is 4. The quantitative estimate of drug-likeness (QED) is 0.774. The average Bonchev–Trinajstić information content (AvgIpc) is 3.38. The molecule has 0 atom stereocenters. The highest BCUT2D eigenvalue weighted by Crippen LogP contribution is 2.30. The Hall–Kier alpha value is -2.18. The van der Waals surface area contributed by atoms with Gasteiger partial charge < -0.3 is 9.80 Å². The molecule has 5 nitrogen and oxygen atoms in total. The normalized spacial score (nSPS) is 18.1. The standard InChI is InChI=1S/C23H29N3O2S/c1-18-5-7-19(8-6-18)20-9-16-29-22(20)23(28)26-13-4-10-24(14-15-26)17-21(27)25-11-2-3-12-25/h5-9,16H,2-4,10-15,17H2,1H3. The van der Waals surface area contributed by atoms with Gasteiger partial charge in [-0.2, -0.15) is 0 Å². The molecule has 29 heavy (non-hydrogen) atoms. The Morgan fingerprint density at radius 1 is 0.862 bits per heavy atom. The number of carbonyl (C=O) groups excluding carboxylic acids is 2. The van der Waals surface area contributed by atoms with Crippen LogP contribution in [0, 0.1) is 6.92 Å². The van der Waals surface area contributed by atoms with E-state index in [-0.39, 0.29) is 11.8 Å². The molecule has 2 saturated heterocycles. The van der Waals surface area contributed by atoms with Gasteiger partial charge in [0.1, 0.15) is 0 Å². The lowest BCUT2D eigenvalue weighted by Gasteiger charge is -2.24. The summed E-state index contributed by atoms with van der Waals surface area (Å²) in [6, 6.07) is 10.4. The van der Waals surface area contributed by atoms with Gasteiger partial charge in [-0.05, 0) is 43.2 Å². The van der Waals surface area contributed by atoms with Crippen molar-refractivity contribution in [3.05, 3.63) is 46.2 Å². The Labute approximate surface area is 176 Å². The van der Waals surface area contributed by atoms with Crippen molar-refractivity contribution in [3.8, 4) is 11.1 Å². The van der Waals surface area contributed by atoms with Gasteiger partial charge in [0.25, 0.3) is 5.91 Å². The minimum absolute atomic E-state index is 0.114. The molecular weight excluding hydrogens is 382 g/mol. The molecule has 0 unspecified atom stereocenters. The van der Waals surface area contributed by atoms with E-state index in [4.69, 9.17) is 0 Å². The van der Waals surface area contributed by atoms with Crippen molar-refractivity contribution in [2.45, 2.75) is 26.2 Å². The van der Waals surface area contributed by atoms with Crippen LogP contribution in [0.15, 0.2) is 35.7 Å². The molecule has 2 aliphatic heterocycles. The molecule has 3 heterocycles. The summed E-state index contributed by atoms with van der Waals surface area (Å²) in [5, 5.41) is 2.00. The number of amides is 2. The topological polar surface area (TPSA) is 43.9 Å². The molecule has 2 amide bonds. The molecule has 1 aromatic carbocycles. The first-order valence-corrected chi connectivity index (χ1v) is 11.4. The van der Waals surface area contributed by atoms with Crippen LogP contribution in [0.5, 0.6) is 0 Å². The molecule has 6 heteroatoms. The van der Waals surface area contributed by atoms with E-state index in [0.717, 1.165) is 68.0 Å². The van der Waals surface area contributed by atoms with Crippen LogP contribution in [0.1, 0.15) is 34.5 Å². The van der Waals surface area contributed by atoms with Gasteiger partial charge >= 0.3 is 0 Å². The second-order valence-electron chi connectivity index (χ2n) is 8.04. The molecule has 0 bridgehead atoms. The number of hydrogen-bond donors (Lipinski definition) is 0. The fraction of sp³-hybridized carbons (Fsp3) is 0.478. The molecule has 1 aromatic heterocycles. The van der Waals surface area contributed by atoms with Gasteiger partial charge in [-0.3, -0.25) is 14.5 Å². The van der Waals surface area contributed by atoms with Gasteiger partial charge in [0.2, 0.25) is 5.91 Å². The molecule has 154 valence electrons. The summed E-state index contributed by atoms with van der Waals surface area (Å²) in [5.41, 5.74) is 3.33. The minimum atomic E-state index is 0.114. The van der Waals surface area contributed by atoms with Gasteiger partial charge in [-0.1, -0.05) is 29.8 Å². The third kappa shape index (κ3) is 4.70. The first-order chi connectivity index (χ1) is 14.1. The lowest BCUT2D eigenvalue weighted by atomic mass is 10.0. The molecule has 0 N–H and O–H groups in total. The maximum absolute atomic E-state index is 13.3. The van der Waals surface area contributed by atoms with E-state index in [1.165, 1.54) is 16.9 Å². The van der Waals surface area contributed by atoms with Crippen molar-refractivity contribution in [2.75, 3.05) is 45.8 Å². The summed E-state index contributed by atoms with van der Waals surface area (Å²) < 4.78 is 0. The second-order valence-corrected chi connectivity index (χ2v) is 8.96. The number of carbonyl (C=O) groups is 2. The number of benzene rings is 1. The molecule has 2 fully saturated rings. The maximum atomic E-state index is 13.3. The Kier molecular flexibility index (Phi) is 6.31. The van der Waals surface area contributed by atoms with Crippen molar-refractivity contribution < 1.29 is 9.59 Å². The highest BCUT2D eigenvalue weighted by Gasteiger charge is 2.26. The summed E-state index contributed by atoms with van der Waals surface area (Å²) in [7, 11) is 0. The zero-order chi connectivity index (χ0) is 20.2. The third-order valence-electron chi connectivity index (χ3n) is 5.92. The van der Waals surface area contributed by atoms with E-state index in [1.807, 2.05) is 21.2 Å². The number of aryl methyl sites for hydroxylation is 1. The third-order valence-corrected chi connectivity index (χ3v) is 6.82. The van der Waals surface area contributed by atoms with Gasteiger partial charge in [-0.15, -0.1) is 11.3 Å². The Morgan fingerprint density at radius 3 is 2.34 bits per heavy atom. The molecule has 2 aromatic rings. The van der Waals surface area contributed by atoms with E-state index in [2.05, 4.69) is 36.1 Å². The first kappa shape index (κ1) is 20.1. The van der Waals surface area contributed by atoms with Crippen molar-refractivity contribution in [2.24, 2.45) is 0 Å². The van der Waals surface area contributed by atoms with Crippen LogP contribution in [0.25, 0.3) is 11.1 Å². The van der Waals surface area contributed by atoms with Crippen LogP contribution in [0.2, 0.25) is 0 Å². The fourth-order valence-electron chi connectivity index (χ4n) is 4.17. The van der Waals surface area contributed by atoms with Crippen LogP contribution < -0.4 is 0 Å². The molecule has 0 saturated carbocycles. The molecule has 0 spiro atoms. The van der Waals surface area contributed by atoms with E-state index >= 15 is 0 Å². The van der Waals surface area contributed by atoms with Gasteiger partial charge in [-0.25, -0.2) is 0 Å². The number of nitrogens with zero attached hydrogens (tertiary/aromatic N) is 3. The predicted molar refractivity (Wildman–Crippen MR) is 117 cm³/mol. The molecule has 2 aliphatic rings. The number of rotatable bonds is 4. The predicted octanol–water partition coefficient (Wildman–Crippen LogP) is 3.49. The van der Waals surface area contributed by atoms with Crippen molar-refractivity contribution in [1.82, 2.24) is 14.7 Å². The van der Waals surface area contributed by atoms with E-state index in [0.29, 0.717) is 13.1 Å². The molecular formula is C23H29N3O2S. The molecule has 4 rings (SSSR count). The van der Waals surface area contributed by atoms with Gasteiger partial charge in [0.05, 0.1) is 11.4 Å². The zero-order valence-corrected chi connectivity index (χ0v) is 17.9. The summed E-state index contributed by atoms with van der Waals surface area (Å²) in [6.07, 6.45) is 3.15. The SMILES string of the molecule is Cc1ccc(-c2ccsc2C(=O)N2CCCN(CC(=O)N3CCCC3)CC2)cc1. The monoisotopic (exact) mass is 411 g/mol. The van der Waals surface area contributed by atoms with E-state index in [1.54, 1.807) is 0 Å². The zero-order valence-electron chi connectivity index (χ0n) is 17.1. The van der Waals surface area contributed by atoms with Crippen LogP contribution in [0.3, 0.4) is 0 Å². The molecule has 0 radical (unpaired) electrons. The maximum Gasteiger partial charge on any atom is 0.264 e. The number of thiophene rings is 1. The van der Waals surface area contributed by atoms with Gasteiger partial charge in [0, 0.05) is 44.8 Å². The summed E-state index contributed by atoms with van der Waals surface area (Å²) in [4.78, 5) is 32.7. The Morgan fingerprint density at radius 2 is 1.59 bits per heavy atom. The highest BCUT2D eigenvalue weighted by atomic mass is 32.1. The summed E-state index contributed by atoms with van der Waals surface area (Å²) >= 11 is 1.52. The summed E-state index contributed by atoms with van der Waals surface area (Å²) in [5.74, 6) is 0.352. The van der Waals surface area contributed by atoms with Crippen molar-refractivity contribution in [3.63, 3.8) is 0 Å². The Bertz CT molecular complexity index is 855.